The molecule has 0 aliphatic heterocycles. The van der Waals surface area contributed by atoms with Crippen LogP contribution in [0.15, 0.2) is 0 Å². The maximum Gasteiger partial charge on any atom is 0.219 e. The Kier molecular flexibility index (Phi) is 16.7. The van der Waals surface area contributed by atoms with E-state index in [0.29, 0.717) is 52.6 Å². The highest BCUT2D eigenvalue weighted by molar-refractivity contribution is 5.75. The van der Waals surface area contributed by atoms with E-state index in [0.717, 1.165) is 19.6 Å². The van der Waals surface area contributed by atoms with Crippen molar-refractivity contribution in [2.24, 2.45) is 0 Å². The summed E-state index contributed by atoms with van der Waals surface area (Å²) in [5.74, 6) is 0.0591. The molecular formula is C14H31N3O4. The highest BCUT2D eigenvalue weighted by Gasteiger charge is 1.95. The number of hydrogen-bond acceptors (Lipinski definition) is 6. The molecule has 0 bridgehead atoms. The third kappa shape index (κ3) is 17.2. The molecule has 3 N–H and O–H groups in total. The molecule has 0 fully saturated rings. The van der Waals surface area contributed by atoms with Gasteiger partial charge in [0.15, 0.2) is 0 Å². The van der Waals surface area contributed by atoms with Gasteiger partial charge in [-0.05, 0) is 7.05 Å². The zero-order valence-electron chi connectivity index (χ0n) is 13.4. The number of nitrogens with one attached hydrogen (secondary N) is 3. The Balaban J connectivity index is 2.98. The summed E-state index contributed by atoms with van der Waals surface area (Å²) in [6.45, 7) is 8.67. The number of amides is 1. The number of ether oxygens (including phenoxy) is 3. The molecule has 0 aromatic carbocycles. The van der Waals surface area contributed by atoms with E-state index in [-0.39, 0.29) is 5.91 Å². The van der Waals surface area contributed by atoms with Crippen LogP contribution in [0.5, 0.6) is 0 Å². The van der Waals surface area contributed by atoms with E-state index in [2.05, 4.69) is 16.0 Å². The quantitative estimate of drug-likeness (QED) is 0.330. The first-order valence-electron chi connectivity index (χ1n) is 7.66. The lowest BCUT2D eigenvalue weighted by Gasteiger charge is -2.08. The zero-order chi connectivity index (χ0) is 15.6. The van der Waals surface area contributed by atoms with E-state index in [9.17, 15) is 4.79 Å². The first-order valence-corrected chi connectivity index (χ1v) is 7.66. The van der Waals surface area contributed by atoms with Gasteiger partial charge in [-0.15, -0.1) is 0 Å². The van der Waals surface area contributed by atoms with Crippen LogP contribution in [0.25, 0.3) is 0 Å². The van der Waals surface area contributed by atoms with Gasteiger partial charge >= 0.3 is 0 Å². The van der Waals surface area contributed by atoms with Crippen molar-refractivity contribution in [2.45, 2.75) is 13.3 Å². The molecule has 0 radical (unpaired) electrons. The molecule has 1 amide bonds. The summed E-state index contributed by atoms with van der Waals surface area (Å²) in [6, 6.07) is 0. The van der Waals surface area contributed by atoms with Crippen LogP contribution in [0, 0.1) is 0 Å². The van der Waals surface area contributed by atoms with Crippen LogP contribution >= 0.6 is 0 Å². The number of carbonyl (C=O) groups excluding carboxylic acids is 1. The second kappa shape index (κ2) is 17.3. The Morgan fingerprint density at radius 3 is 1.90 bits per heavy atom. The number of likely N-dealkylation sites (N-methyl/N-ethyl adjacent to an activating group) is 1. The van der Waals surface area contributed by atoms with Crippen molar-refractivity contribution >= 4 is 5.91 Å². The Hall–Kier alpha value is -0.730. The molecular weight excluding hydrogens is 274 g/mol. The Morgan fingerprint density at radius 1 is 0.810 bits per heavy atom. The standard InChI is InChI=1S/C14H31N3O4/c1-3-14(18)17-7-11-19-9-5-16-6-10-21-13-12-20-8-4-15-2/h15-16H,3-13H2,1-2H3,(H,17,18). The predicted octanol–water partition coefficient (Wildman–Crippen LogP) is -0.629. The van der Waals surface area contributed by atoms with E-state index in [1.54, 1.807) is 0 Å². The van der Waals surface area contributed by atoms with E-state index in [1.807, 2.05) is 14.0 Å². The fourth-order valence-corrected chi connectivity index (χ4v) is 1.40. The van der Waals surface area contributed by atoms with Crippen LogP contribution < -0.4 is 16.0 Å². The Morgan fingerprint density at radius 2 is 1.33 bits per heavy atom. The van der Waals surface area contributed by atoms with Gasteiger partial charge in [0, 0.05) is 32.6 Å². The molecule has 0 saturated heterocycles. The summed E-state index contributed by atoms with van der Waals surface area (Å²) in [5.41, 5.74) is 0. The predicted molar refractivity (Wildman–Crippen MR) is 82.6 cm³/mol. The van der Waals surface area contributed by atoms with Gasteiger partial charge in [-0.25, -0.2) is 0 Å². The van der Waals surface area contributed by atoms with Crippen LogP contribution in [-0.2, 0) is 19.0 Å². The lowest BCUT2D eigenvalue weighted by Crippen LogP contribution is -2.28. The average molecular weight is 305 g/mol. The van der Waals surface area contributed by atoms with Crippen LogP contribution in [0.3, 0.4) is 0 Å². The normalized spacial score (nSPS) is 10.8. The van der Waals surface area contributed by atoms with Gasteiger partial charge in [-0.1, -0.05) is 6.92 Å². The number of rotatable bonds is 16. The molecule has 21 heavy (non-hydrogen) atoms. The molecule has 0 atom stereocenters. The van der Waals surface area contributed by atoms with Crippen LogP contribution in [0.1, 0.15) is 13.3 Å². The number of hydrogen-bond donors (Lipinski definition) is 3. The molecule has 126 valence electrons. The molecule has 0 saturated carbocycles. The molecule has 0 aromatic rings. The van der Waals surface area contributed by atoms with Gasteiger partial charge in [0.1, 0.15) is 0 Å². The summed E-state index contributed by atoms with van der Waals surface area (Å²) in [4.78, 5) is 10.9. The Labute approximate surface area is 128 Å². The smallest absolute Gasteiger partial charge is 0.219 e. The third-order valence-corrected chi connectivity index (χ3v) is 2.60. The lowest BCUT2D eigenvalue weighted by molar-refractivity contribution is -0.121. The van der Waals surface area contributed by atoms with E-state index in [1.165, 1.54) is 0 Å². The minimum absolute atomic E-state index is 0.0591. The summed E-state index contributed by atoms with van der Waals surface area (Å²) in [6.07, 6.45) is 0.516. The first kappa shape index (κ1) is 20.3. The summed E-state index contributed by atoms with van der Waals surface area (Å²) >= 11 is 0. The monoisotopic (exact) mass is 305 g/mol. The fourth-order valence-electron chi connectivity index (χ4n) is 1.40. The molecule has 0 unspecified atom stereocenters. The van der Waals surface area contributed by atoms with Gasteiger partial charge in [0.05, 0.1) is 39.6 Å². The third-order valence-electron chi connectivity index (χ3n) is 2.60. The zero-order valence-corrected chi connectivity index (χ0v) is 13.4. The summed E-state index contributed by atoms with van der Waals surface area (Å²) in [5, 5.41) is 8.99. The largest absolute Gasteiger partial charge is 0.378 e. The lowest BCUT2D eigenvalue weighted by atomic mass is 10.4. The molecule has 0 aliphatic carbocycles. The topological polar surface area (TPSA) is 80.9 Å². The van der Waals surface area contributed by atoms with Crippen LogP contribution in [-0.4, -0.2) is 78.8 Å². The fraction of sp³-hybridized carbons (Fsp3) is 0.929. The maximum absolute atomic E-state index is 10.9. The van der Waals surface area contributed by atoms with Crippen LogP contribution in [0.4, 0.5) is 0 Å². The van der Waals surface area contributed by atoms with E-state index < -0.39 is 0 Å². The van der Waals surface area contributed by atoms with Crippen molar-refractivity contribution in [1.82, 2.24) is 16.0 Å². The summed E-state index contributed by atoms with van der Waals surface area (Å²) in [7, 11) is 1.90. The van der Waals surface area contributed by atoms with Gasteiger partial charge < -0.3 is 30.2 Å². The first-order chi connectivity index (χ1) is 10.3. The molecule has 0 rings (SSSR count). The van der Waals surface area contributed by atoms with Crippen molar-refractivity contribution in [3.05, 3.63) is 0 Å². The number of carbonyl (C=O) groups is 1. The van der Waals surface area contributed by atoms with Gasteiger partial charge in [0.25, 0.3) is 0 Å². The maximum atomic E-state index is 10.9. The van der Waals surface area contributed by atoms with E-state index in [4.69, 9.17) is 14.2 Å². The average Bonchev–Trinajstić information content (AvgIpc) is 2.50. The van der Waals surface area contributed by atoms with Crippen LogP contribution in [0.2, 0.25) is 0 Å². The van der Waals surface area contributed by atoms with Crippen molar-refractivity contribution in [3.8, 4) is 0 Å². The van der Waals surface area contributed by atoms with Gasteiger partial charge in [-0.3, -0.25) is 4.79 Å². The van der Waals surface area contributed by atoms with Gasteiger partial charge in [-0.2, -0.15) is 0 Å². The Bertz CT molecular complexity index is 230. The highest BCUT2D eigenvalue weighted by atomic mass is 16.5. The second-order valence-corrected chi connectivity index (χ2v) is 4.39. The minimum Gasteiger partial charge on any atom is -0.378 e. The second-order valence-electron chi connectivity index (χ2n) is 4.39. The summed E-state index contributed by atoms with van der Waals surface area (Å²) < 4.78 is 16.1. The van der Waals surface area contributed by atoms with E-state index >= 15 is 0 Å². The molecule has 0 aromatic heterocycles. The van der Waals surface area contributed by atoms with Gasteiger partial charge in [0.2, 0.25) is 5.91 Å². The SMILES string of the molecule is CCC(=O)NCCOCCNCCOCCOCCNC. The van der Waals surface area contributed by atoms with Crippen molar-refractivity contribution in [2.75, 3.05) is 72.9 Å². The molecule has 7 heteroatoms. The van der Waals surface area contributed by atoms with Crippen molar-refractivity contribution in [1.29, 1.82) is 0 Å². The highest BCUT2D eigenvalue weighted by Crippen LogP contribution is 1.79. The molecule has 0 spiro atoms. The minimum atomic E-state index is 0.0591. The molecule has 0 aliphatic rings. The van der Waals surface area contributed by atoms with Crippen molar-refractivity contribution in [3.63, 3.8) is 0 Å². The molecule has 0 heterocycles. The van der Waals surface area contributed by atoms with Crippen molar-refractivity contribution < 1.29 is 19.0 Å². The molecule has 7 nitrogen and oxygen atoms in total.